The summed E-state index contributed by atoms with van der Waals surface area (Å²) in [6.07, 6.45) is 15.9. The Bertz CT molecular complexity index is 969. The molecule has 0 radical (unpaired) electrons. The topological polar surface area (TPSA) is 80.7 Å². The van der Waals surface area contributed by atoms with E-state index in [-0.39, 0.29) is 17.3 Å². The van der Waals surface area contributed by atoms with Crippen LogP contribution in [0.4, 0.5) is 0 Å². The molecule has 1 N–H and O–H groups in total. The van der Waals surface area contributed by atoms with Crippen LogP contribution in [0.5, 0.6) is 0 Å². The molecule has 34 heavy (non-hydrogen) atoms. The summed E-state index contributed by atoms with van der Waals surface area (Å²) in [5.74, 6) is -1.58. The molecule has 2 aromatic carbocycles. The van der Waals surface area contributed by atoms with Gasteiger partial charge in [0, 0.05) is 11.6 Å². The molecular formula is C29H34O5. The molecule has 0 unspecified atom stereocenters. The predicted molar refractivity (Wildman–Crippen MR) is 136 cm³/mol. The SMILES string of the molecule is CCCCCCCCCCOC(=O)/C=C/c1ccc(/C=C/C(=O)c2ccc(C(=O)O)cc2)cc1. The van der Waals surface area contributed by atoms with Crippen LogP contribution in [0.25, 0.3) is 12.2 Å². The minimum Gasteiger partial charge on any atom is -0.478 e. The van der Waals surface area contributed by atoms with Crippen LogP contribution in [-0.4, -0.2) is 29.4 Å². The second-order valence-electron chi connectivity index (χ2n) is 8.22. The van der Waals surface area contributed by atoms with Gasteiger partial charge in [0.15, 0.2) is 5.78 Å². The maximum atomic E-state index is 12.2. The summed E-state index contributed by atoms with van der Waals surface area (Å²) in [5, 5.41) is 8.92. The van der Waals surface area contributed by atoms with Gasteiger partial charge in [0.25, 0.3) is 0 Å². The molecule has 2 aromatic rings. The first-order chi connectivity index (χ1) is 16.5. The lowest BCUT2D eigenvalue weighted by Gasteiger charge is -2.03. The molecule has 0 aliphatic rings. The zero-order valence-electron chi connectivity index (χ0n) is 19.9. The fraction of sp³-hybridized carbons (Fsp3) is 0.345. The number of allylic oxidation sites excluding steroid dienone is 1. The Morgan fingerprint density at radius 2 is 1.21 bits per heavy atom. The summed E-state index contributed by atoms with van der Waals surface area (Å²) in [6, 6.07) is 13.2. The van der Waals surface area contributed by atoms with Gasteiger partial charge >= 0.3 is 11.9 Å². The number of ketones is 1. The van der Waals surface area contributed by atoms with E-state index in [1.165, 1.54) is 74.9 Å². The number of rotatable bonds is 15. The Labute approximate surface area is 202 Å². The Balaban J connectivity index is 1.70. The maximum Gasteiger partial charge on any atom is 0.335 e. The minimum absolute atomic E-state index is 0.140. The number of esters is 1. The minimum atomic E-state index is -1.03. The number of carboxylic acids is 1. The smallest absolute Gasteiger partial charge is 0.335 e. The molecule has 5 nitrogen and oxygen atoms in total. The molecule has 180 valence electrons. The number of carbonyl (C=O) groups excluding carboxylic acids is 2. The van der Waals surface area contributed by atoms with Crippen molar-refractivity contribution in [3.63, 3.8) is 0 Å². The van der Waals surface area contributed by atoms with Gasteiger partial charge in [-0.3, -0.25) is 4.79 Å². The number of aromatic carboxylic acids is 1. The quantitative estimate of drug-likeness (QED) is 0.134. The molecule has 0 bridgehead atoms. The van der Waals surface area contributed by atoms with E-state index in [1.54, 1.807) is 12.2 Å². The van der Waals surface area contributed by atoms with E-state index >= 15 is 0 Å². The van der Waals surface area contributed by atoms with Crippen molar-refractivity contribution in [2.24, 2.45) is 0 Å². The van der Waals surface area contributed by atoms with Gasteiger partial charge in [-0.2, -0.15) is 0 Å². The number of ether oxygens (including phenoxy) is 1. The zero-order valence-corrected chi connectivity index (χ0v) is 19.9. The summed E-state index contributed by atoms with van der Waals surface area (Å²) in [4.78, 5) is 35.0. The molecule has 0 spiro atoms. The molecule has 0 aromatic heterocycles. The average molecular weight is 463 g/mol. The van der Waals surface area contributed by atoms with Gasteiger partial charge in [0.05, 0.1) is 12.2 Å². The van der Waals surface area contributed by atoms with Gasteiger partial charge in [0.1, 0.15) is 0 Å². The predicted octanol–water partition coefficient (Wildman–Crippen LogP) is 6.98. The molecule has 0 saturated carbocycles. The van der Waals surface area contributed by atoms with Crippen molar-refractivity contribution in [3.8, 4) is 0 Å². The summed E-state index contributed by atoms with van der Waals surface area (Å²) in [6.45, 7) is 2.67. The average Bonchev–Trinajstić information content (AvgIpc) is 2.85. The zero-order chi connectivity index (χ0) is 24.6. The number of hydrogen-bond acceptors (Lipinski definition) is 4. The molecule has 2 rings (SSSR count). The highest BCUT2D eigenvalue weighted by atomic mass is 16.5. The van der Waals surface area contributed by atoms with Crippen LogP contribution in [0.2, 0.25) is 0 Å². The number of hydrogen-bond donors (Lipinski definition) is 1. The molecule has 0 fully saturated rings. The first kappa shape index (κ1) is 26.8. The van der Waals surface area contributed by atoms with Gasteiger partial charge < -0.3 is 9.84 Å². The molecule has 0 aliphatic carbocycles. The number of carboxylic acid groups (broad SMARTS) is 1. The van der Waals surface area contributed by atoms with Crippen LogP contribution in [0.15, 0.2) is 60.7 Å². The lowest BCUT2D eigenvalue weighted by Crippen LogP contribution is -2.02. The van der Waals surface area contributed by atoms with Gasteiger partial charge in [0.2, 0.25) is 0 Å². The first-order valence-corrected chi connectivity index (χ1v) is 12.0. The van der Waals surface area contributed by atoms with E-state index in [4.69, 9.17) is 9.84 Å². The van der Waals surface area contributed by atoms with Crippen molar-refractivity contribution in [3.05, 3.63) is 82.9 Å². The van der Waals surface area contributed by atoms with E-state index in [9.17, 15) is 14.4 Å². The van der Waals surface area contributed by atoms with Crippen LogP contribution in [-0.2, 0) is 9.53 Å². The van der Waals surface area contributed by atoms with Crippen LogP contribution in [0, 0.1) is 0 Å². The van der Waals surface area contributed by atoms with E-state index in [0.29, 0.717) is 12.2 Å². The van der Waals surface area contributed by atoms with Crippen LogP contribution in [0.3, 0.4) is 0 Å². The largest absolute Gasteiger partial charge is 0.478 e. The van der Waals surface area contributed by atoms with E-state index < -0.39 is 5.97 Å². The van der Waals surface area contributed by atoms with Crippen molar-refractivity contribution in [2.75, 3.05) is 6.61 Å². The van der Waals surface area contributed by atoms with Crippen LogP contribution >= 0.6 is 0 Å². The van der Waals surface area contributed by atoms with Gasteiger partial charge in [-0.25, -0.2) is 9.59 Å². The number of unbranched alkanes of at least 4 members (excludes halogenated alkanes) is 7. The van der Waals surface area contributed by atoms with Crippen molar-refractivity contribution in [1.82, 2.24) is 0 Å². The standard InChI is InChI=1S/C29H34O5/c1-2-3-4-5-6-7-8-9-22-34-28(31)21-15-24-12-10-23(11-13-24)14-20-27(30)25-16-18-26(19-17-25)29(32)33/h10-21H,2-9,22H2,1H3,(H,32,33)/b20-14+,21-15+. The van der Waals surface area contributed by atoms with Crippen LogP contribution in [0.1, 0.15) is 90.1 Å². The van der Waals surface area contributed by atoms with E-state index in [0.717, 1.165) is 24.0 Å². The fourth-order valence-electron chi connectivity index (χ4n) is 3.38. The second-order valence-corrected chi connectivity index (χ2v) is 8.22. The third-order valence-electron chi connectivity index (χ3n) is 5.43. The molecule has 0 saturated heterocycles. The molecule has 0 amide bonds. The summed E-state index contributed by atoms with van der Waals surface area (Å²) >= 11 is 0. The Kier molecular flexibility index (Phi) is 12.1. The fourth-order valence-corrected chi connectivity index (χ4v) is 3.38. The summed E-state index contributed by atoms with van der Waals surface area (Å²) < 4.78 is 5.25. The highest BCUT2D eigenvalue weighted by Gasteiger charge is 2.05. The third kappa shape index (κ3) is 10.4. The van der Waals surface area contributed by atoms with Crippen molar-refractivity contribution in [2.45, 2.75) is 58.3 Å². The number of carbonyl (C=O) groups is 3. The first-order valence-electron chi connectivity index (χ1n) is 12.0. The molecule has 0 aliphatic heterocycles. The molecule has 5 heteroatoms. The normalized spacial score (nSPS) is 11.2. The highest BCUT2D eigenvalue weighted by molar-refractivity contribution is 6.07. The lowest BCUT2D eigenvalue weighted by molar-refractivity contribution is -0.137. The van der Waals surface area contributed by atoms with Crippen molar-refractivity contribution >= 4 is 29.9 Å². The lowest BCUT2D eigenvalue weighted by atomic mass is 10.1. The second kappa shape index (κ2) is 15.4. The molecule has 0 heterocycles. The summed E-state index contributed by atoms with van der Waals surface area (Å²) in [7, 11) is 0. The van der Waals surface area contributed by atoms with E-state index in [1.807, 2.05) is 24.3 Å². The van der Waals surface area contributed by atoms with Crippen molar-refractivity contribution in [1.29, 1.82) is 0 Å². The highest BCUT2D eigenvalue weighted by Crippen LogP contribution is 2.11. The number of benzene rings is 2. The van der Waals surface area contributed by atoms with Gasteiger partial charge in [-0.15, -0.1) is 0 Å². The summed E-state index contributed by atoms with van der Waals surface area (Å²) in [5.41, 5.74) is 2.26. The molecular weight excluding hydrogens is 428 g/mol. The third-order valence-corrected chi connectivity index (χ3v) is 5.43. The van der Waals surface area contributed by atoms with Gasteiger partial charge in [-0.1, -0.05) is 94.3 Å². The van der Waals surface area contributed by atoms with Crippen LogP contribution < -0.4 is 0 Å². The van der Waals surface area contributed by atoms with Crippen molar-refractivity contribution < 1.29 is 24.2 Å². The maximum absolute atomic E-state index is 12.2. The molecule has 0 atom stereocenters. The Morgan fingerprint density at radius 3 is 1.76 bits per heavy atom. The Morgan fingerprint density at radius 1 is 0.706 bits per heavy atom. The van der Waals surface area contributed by atoms with E-state index in [2.05, 4.69) is 6.92 Å². The monoisotopic (exact) mass is 462 g/mol. The Hall–Kier alpha value is -3.47. The van der Waals surface area contributed by atoms with Gasteiger partial charge in [-0.05, 0) is 41.8 Å².